The monoisotopic (exact) mass is 539 g/mol. The van der Waals surface area contributed by atoms with Crippen LogP contribution in [-0.4, -0.2) is 84.6 Å². The first-order valence-electron chi connectivity index (χ1n) is 12.9. The van der Waals surface area contributed by atoms with Gasteiger partial charge >= 0.3 is 24.2 Å². The highest BCUT2D eigenvalue weighted by Crippen LogP contribution is 2.39. The van der Waals surface area contributed by atoms with Crippen molar-refractivity contribution in [3.8, 4) is 0 Å². The molecule has 210 valence electrons. The molecule has 1 atom stereocenters. The van der Waals surface area contributed by atoms with Gasteiger partial charge in [-0.1, -0.05) is 18.2 Å². The zero-order valence-electron chi connectivity index (χ0n) is 22.2. The van der Waals surface area contributed by atoms with Crippen molar-refractivity contribution in [2.75, 3.05) is 45.9 Å². The van der Waals surface area contributed by atoms with Crippen LogP contribution in [0.15, 0.2) is 35.5 Å². The van der Waals surface area contributed by atoms with Crippen molar-refractivity contribution in [2.24, 2.45) is 0 Å². The van der Waals surface area contributed by atoms with Crippen LogP contribution in [0.1, 0.15) is 51.3 Å². The molecule has 1 aromatic carbocycles. The van der Waals surface area contributed by atoms with E-state index in [0.717, 1.165) is 6.07 Å². The zero-order chi connectivity index (χ0) is 28.0. The fourth-order valence-electron chi connectivity index (χ4n) is 4.78. The third-order valence-corrected chi connectivity index (χ3v) is 6.49. The minimum atomic E-state index is -4.69. The minimum absolute atomic E-state index is 0.00507. The maximum atomic E-state index is 13.9. The van der Waals surface area contributed by atoms with Crippen molar-refractivity contribution in [3.63, 3.8) is 0 Å². The maximum Gasteiger partial charge on any atom is 0.416 e. The van der Waals surface area contributed by atoms with Gasteiger partial charge in [-0.15, -0.1) is 0 Å². The minimum Gasteiger partial charge on any atom is -0.463 e. The summed E-state index contributed by atoms with van der Waals surface area (Å²) in [5, 5.41) is 5.48. The number of esters is 1. The number of halogens is 3. The van der Waals surface area contributed by atoms with E-state index in [1.54, 1.807) is 18.7 Å². The summed E-state index contributed by atoms with van der Waals surface area (Å²) in [5.41, 5.74) is -0.879. The van der Waals surface area contributed by atoms with Crippen LogP contribution in [0.25, 0.3) is 0 Å². The number of nitrogens with one attached hydrogen (secondary N) is 2. The molecule has 2 heterocycles. The van der Waals surface area contributed by atoms with Crippen LogP contribution in [0, 0.1) is 0 Å². The Bertz CT molecular complexity index is 1060. The molecule has 0 spiro atoms. The van der Waals surface area contributed by atoms with Crippen LogP contribution in [0.3, 0.4) is 0 Å². The summed E-state index contributed by atoms with van der Waals surface area (Å²) in [6, 6.07) is 2.81. The zero-order valence-corrected chi connectivity index (χ0v) is 22.2. The number of benzene rings is 1. The average molecular weight is 540 g/mol. The number of alkyl halides is 3. The summed E-state index contributed by atoms with van der Waals surface area (Å²) in [6.45, 7) is 9.48. The average Bonchev–Trinajstić information content (AvgIpc) is 3.09. The Morgan fingerprint density at radius 1 is 1.13 bits per heavy atom. The standard InChI is InChI=1S/C26H36F3N5O4/c1-5-34-20(16-32-12-9-13-33(15-14-32)24(36)30-17(3)4)21(23(35)38-6-2)22(31-25(34)37)18-10-7-8-11-19(18)26(27,28)29/h7-8,10-11,17,22H,5-6,9,12-16H2,1-4H3,(H,30,36)(H,31,37)/t22-/m0/s1. The molecule has 0 bridgehead atoms. The van der Waals surface area contributed by atoms with Crippen molar-refractivity contribution < 1.29 is 32.3 Å². The van der Waals surface area contributed by atoms with Gasteiger partial charge < -0.3 is 20.3 Å². The second kappa shape index (κ2) is 12.5. The molecular formula is C26H36F3N5O4. The summed E-state index contributed by atoms with van der Waals surface area (Å²) in [7, 11) is 0. The summed E-state index contributed by atoms with van der Waals surface area (Å²) >= 11 is 0. The first-order valence-corrected chi connectivity index (χ1v) is 12.9. The molecular weight excluding hydrogens is 503 g/mol. The van der Waals surface area contributed by atoms with Crippen LogP contribution in [0.4, 0.5) is 22.8 Å². The third-order valence-electron chi connectivity index (χ3n) is 6.49. The predicted molar refractivity (Wildman–Crippen MR) is 135 cm³/mol. The van der Waals surface area contributed by atoms with Crippen LogP contribution in [-0.2, 0) is 15.7 Å². The number of amides is 4. The van der Waals surface area contributed by atoms with Crippen molar-refractivity contribution in [1.29, 1.82) is 0 Å². The molecule has 1 aromatic rings. The second-order valence-corrected chi connectivity index (χ2v) is 9.51. The molecule has 12 heteroatoms. The Morgan fingerprint density at radius 3 is 2.47 bits per heavy atom. The second-order valence-electron chi connectivity index (χ2n) is 9.51. The number of carbonyl (C=O) groups excluding carboxylic acids is 3. The largest absolute Gasteiger partial charge is 0.463 e. The van der Waals surface area contributed by atoms with Gasteiger partial charge in [-0.2, -0.15) is 13.2 Å². The first-order chi connectivity index (χ1) is 18.0. The lowest BCUT2D eigenvalue weighted by atomic mass is 9.90. The van der Waals surface area contributed by atoms with Gasteiger partial charge in [0.2, 0.25) is 0 Å². The number of hydrogen-bond donors (Lipinski definition) is 2. The van der Waals surface area contributed by atoms with Gasteiger partial charge in [0, 0.05) is 51.0 Å². The van der Waals surface area contributed by atoms with Crippen molar-refractivity contribution in [2.45, 2.75) is 52.4 Å². The Morgan fingerprint density at radius 2 is 1.84 bits per heavy atom. The van der Waals surface area contributed by atoms with Crippen LogP contribution < -0.4 is 10.6 Å². The highest BCUT2D eigenvalue weighted by molar-refractivity contribution is 5.95. The lowest BCUT2D eigenvalue weighted by Crippen LogP contribution is -2.51. The van der Waals surface area contributed by atoms with Gasteiger partial charge in [-0.05, 0) is 45.7 Å². The summed E-state index contributed by atoms with van der Waals surface area (Å²) < 4.78 is 47.0. The molecule has 2 N–H and O–H groups in total. The maximum absolute atomic E-state index is 13.9. The van der Waals surface area contributed by atoms with Crippen LogP contribution >= 0.6 is 0 Å². The third kappa shape index (κ3) is 6.77. The Kier molecular flexibility index (Phi) is 9.64. The van der Waals surface area contributed by atoms with E-state index in [1.165, 1.54) is 23.1 Å². The van der Waals surface area contributed by atoms with E-state index in [9.17, 15) is 27.6 Å². The molecule has 9 nitrogen and oxygen atoms in total. The molecule has 0 radical (unpaired) electrons. The normalized spacial score (nSPS) is 19.4. The van der Waals surface area contributed by atoms with E-state index < -0.39 is 29.8 Å². The molecule has 1 fully saturated rings. The molecule has 2 aliphatic heterocycles. The predicted octanol–water partition coefficient (Wildman–Crippen LogP) is 3.73. The fraction of sp³-hybridized carbons (Fsp3) is 0.577. The van der Waals surface area contributed by atoms with E-state index in [-0.39, 0.29) is 42.9 Å². The molecule has 0 unspecified atom stereocenters. The molecule has 2 aliphatic rings. The Balaban J connectivity index is 2.02. The SMILES string of the molecule is CCOC(=O)C1=C(CN2CCCN(C(=O)NC(C)C)CC2)N(CC)C(=O)N[C@H]1c1ccccc1C(F)(F)F. The number of carbonyl (C=O) groups is 3. The van der Waals surface area contributed by atoms with E-state index in [0.29, 0.717) is 38.3 Å². The molecule has 0 aliphatic carbocycles. The first kappa shape index (κ1) is 29.3. The summed E-state index contributed by atoms with van der Waals surface area (Å²) in [6.07, 6.45) is -4.03. The number of ether oxygens (including phenoxy) is 1. The molecule has 4 amide bonds. The number of rotatable bonds is 7. The fourth-order valence-corrected chi connectivity index (χ4v) is 4.78. The van der Waals surface area contributed by atoms with Crippen LogP contribution in [0.2, 0.25) is 0 Å². The number of nitrogens with zero attached hydrogens (tertiary/aromatic N) is 3. The van der Waals surface area contributed by atoms with Gasteiger partial charge in [0.25, 0.3) is 0 Å². The lowest BCUT2D eigenvalue weighted by molar-refractivity contribution is -0.141. The summed E-state index contributed by atoms with van der Waals surface area (Å²) in [4.78, 5) is 44.0. The van der Waals surface area contributed by atoms with E-state index in [4.69, 9.17) is 4.74 Å². The smallest absolute Gasteiger partial charge is 0.416 e. The lowest BCUT2D eigenvalue weighted by Gasteiger charge is -2.38. The highest BCUT2D eigenvalue weighted by Gasteiger charge is 2.42. The topological polar surface area (TPSA) is 94.2 Å². The Labute approximate surface area is 221 Å². The van der Waals surface area contributed by atoms with E-state index in [1.807, 2.05) is 18.7 Å². The van der Waals surface area contributed by atoms with Gasteiger partial charge in [-0.25, -0.2) is 14.4 Å². The van der Waals surface area contributed by atoms with E-state index >= 15 is 0 Å². The molecule has 0 aromatic heterocycles. The van der Waals surface area contributed by atoms with Gasteiger partial charge in [0.15, 0.2) is 0 Å². The van der Waals surface area contributed by atoms with Crippen molar-refractivity contribution in [3.05, 3.63) is 46.7 Å². The van der Waals surface area contributed by atoms with Crippen molar-refractivity contribution >= 4 is 18.0 Å². The number of urea groups is 2. The van der Waals surface area contributed by atoms with Gasteiger partial charge in [-0.3, -0.25) is 9.80 Å². The summed E-state index contributed by atoms with van der Waals surface area (Å²) in [5.74, 6) is -0.782. The van der Waals surface area contributed by atoms with Crippen LogP contribution in [0.5, 0.6) is 0 Å². The Hall–Kier alpha value is -3.28. The van der Waals surface area contributed by atoms with Crippen molar-refractivity contribution in [1.82, 2.24) is 25.3 Å². The molecule has 1 saturated heterocycles. The number of likely N-dealkylation sites (N-methyl/N-ethyl adjacent to an activating group) is 1. The highest BCUT2D eigenvalue weighted by atomic mass is 19.4. The van der Waals surface area contributed by atoms with Gasteiger partial charge in [0.05, 0.1) is 23.8 Å². The van der Waals surface area contributed by atoms with Gasteiger partial charge in [0.1, 0.15) is 0 Å². The molecule has 38 heavy (non-hydrogen) atoms. The quantitative estimate of drug-likeness (QED) is 0.515. The molecule has 3 rings (SSSR count). The van der Waals surface area contributed by atoms with E-state index in [2.05, 4.69) is 10.6 Å². The molecule has 0 saturated carbocycles. The number of hydrogen-bond acceptors (Lipinski definition) is 5.